The van der Waals surface area contributed by atoms with Gasteiger partial charge in [0.05, 0.1) is 19.1 Å². The summed E-state index contributed by atoms with van der Waals surface area (Å²) in [6, 6.07) is 5.35. The molecule has 0 saturated heterocycles. The van der Waals surface area contributed by atoms with E-state index in [4.69, 9.17) is 16.3 Å². The molecule has 1 amide bonds. The zero-order valence-electron chi connectivity index (χ0n) is 11.8. The summed E-state index contributed by atoms with van der Waals surface area (Å²) in [5.41, 5.74) is 0.864. The van der Waals surface area contributed by atoms with Crippen LogP contribution in [-0.2, 0) is 11.3 Å². The predicted molar refractivity (Wildman–Crippen MR) is 77.8 cm³/mol. The number of benzene rings is 1. The zero-order chi connectivity index (χ0) is 14.7. The number of hydrogen-bond acceptors (Lipinski definition) is 3. The molecule has 20 heavy (non-hydrogen) atoms. The van der Waals surface area contributed by atoms with Crippen LogP contribution < -0.4 is 4.74 Å². The number of halogens is 1. The number of carbonyl (C=O) groups is 1. The number of aliphatic hydroxyl groups is 1. The number of carbonyl (C=O) groups excluding carboxylic acids is 1. The number of hydrogen-bond donors (Lipinski definition) is 1. The first kappa shape index (κ1) is 15.1. The summed E-state index contributed by atoms with van der Waals surface area (Å²) >= 11 is 5.99. The van der Waals surface area contributed by atoms with Gasteiger partial charge in [-0.05, 0) is 37.5 Å². The minimum absolute atomic E-state index is 0.0166. The van der Waals surface area contributed by atoms with Crippen LogP contribution in [0.2, 0.25) is 5.02 Å². The molecule has 0 aromatic heterocycles. The molecule has 2 rings (SSSR count). The number of ether oxygens (including phenoxy) is 1. The second kappa shape index (κ2) is 6.46. The Hall–Kier alpha value is -1.26. The Morgan fingerprint density at radius 2 is 2.25 bits per heavy atom. The highest BCUT2D eigenvalue weighted by molar-refractivity contribution is 6.30. The van der Waals surface area contributed by atoms with E-state index in [1.54, 1.807) is 37.3 Å². The zero-order valence-corrected chi connectivity index (χ0v) is 12.6. The smallest absolute Gasteiger partial charge is 0.228 e. The number of rotatable bonds is 4. The van der Waals surface area contributed by atoms with Crippen molar-refractivity contribution in [1.29, 1.82) is 0 Å². The highest BCUT2D eigenvalue weighted by Crippen LogP contribution is 2.29. The van der Waals surface area contributed by atoms with Crippen molar-refractivity contribution in [3.05, 3.63) is 28.8 Å². The first-order valence-corrected chi connectivity index (χ1v) is 7.16. The predicted octanol–water partition coefficient (Wildman–Crippen LogP) is 2.47. The molecule has 1 aromatic rings. The van der Waals surface area contributed by atoms with E-state index in [0.29, 0.717) is 23.7 Å². The van der Waals surface area contributed by atoms with E-state index in [1.807, 2.05) is 0 Å². The molecular weight excluding hydrogens is 278 g/mol. The third-order valence-electron chi connectivity index (χ3n) is 3.82. The molecule has 1 fully saturated rings. The molecule has 2 atom stereocenters. The molecule has 1 saturated carbocycles. The molecule has 0 spiro atoms. The van der Waals surface area contributed by atoms with Crippen LogP contribution in [-0.4, -0.2) is 36.2 Å². The minimum atomic E-state index is -0.508. The van der Waals surface area contributed by atoms with Gasteiger partial charge < -0.3 is 14.7 Å². The minimum Gasteiger partial charge on any atom is -0.496 e. The van der Waals surface area contributed by atoms with Crippen LogP contribution in [0.3, 0.4) is 0 Å². The molecule has 2 unspecified atom stereocenters. The van der Waals surface area contributed by atoms with Crippen LogP contribution in [0.4, 0.5) is 0 Å². The lowest BCUT2D eigenvalue weighted by atomic mass is 10.0. The van der Waals surface area contributed by atoms with Gasteiger partial charge in [0, 0.05) is 24.2 Å². The number of methoxy groups -OCH3 is 1. The van der Waals surface area contributed by atoms with Crippen molar-refractivity contribution in [1.82, 2.24) is 4.90 Å². The Kier molecular flexibility index (Phi) is 4.89. The fourth-order valence-corrected chi connectivity index (χ4v) is 2.91. The second-order valence-corrected chi connectivity index (χ2v) is 5.69. The maximum atomic E-state index is 12.3. The molecule has 1 N–H and O–H groups in total. The van der Waals surface area contributed by atoms with Crippen LogP contribution in [0.15, 0.2) is 18.2 Å². The number of amides is 1. The van der Waals surface area contributed by atoms with Gasteiger partial charge in [0.15, 0.2) is 0 Å². The lowest BCUT2D eigenvalue weighted by Gasteiger charge is -2.23. The summed E-state index contributed by atoms with van der Waals surface area (Å²) in [6.45, 7) is 0.422. The molecule has 5 heteroatoms. The molecule has 1 aliphatic rings. The van der Waals surface area contributed by atoms with E-state index < -0.39 is 6.10 Å². The van der Waals surface area contributed by atoms with E-state index in [0.717, 1.165) is 18.4 Å². The summed E-state index contributed by atoms with van der Waals surface area (Å²) in [5, 5.41) is 10.4. The van der Waals surface area contributed by atoms with Crippen molar-refractivity contribution < 1.29 is 14.6 Å². The molecule has 0 bridgehead atoms. The number of aliphatic hydroxyl groups excluding tert-OH is 1. The van der Waals surface area contributed by atoms with Crippen LogP contribution in [0.25, 0.3) is 0 Å². The van der Waals surface area contributed by atoms with Gasteiger partial charge in [0.2, 0.25) is 5.91 Å². The average Bonchev–Trinajstić information content (AvgIpc) is 2.84. The maximum Gasteiger partial charge on any atom is 0.228 e. The first-order valence-electron chi connectivity index (χ1n) is 6.78. The highest BCUT2D eigenvalue weighted by Gasteiger charge is 2.33. The molecule has 4 nitrogen and oxygen atoms in total. The van der Waals surface area contributed by atoms with Gasteiger partial charge in [-0.2, -0.15) is 0 Å². The van der Waals surface area contributed by atoms with Gasteiger partial charge in [-0.3, -0.25) is 4.79 Å². The number of nitrogens with zero attached hydrogens (tertiary/aromatic N) is 1. The summed E-state index contributed by atoms with van der Waals surface area (Å²) < 4.78 is 5.28. The van der Waals surface area contributed by atoms with E-state index in [9.17, 15) is 9.90 Å². The van der Waals surface area contributed by atoms with Crippen molar-refractivity contribution in [2.45, 2.75) is 31.9 Å². The second-order valence-electron chi connectivity index (χ2n) is 5.26. The molecule has 1 aliphatic carbocycles. The largest absolute Gasteiger partial charge is 0.496 e. The topological polar surface area (TPSA) is 49.8 Å². The maximum absolute atomic E-state index is 12.3. The summed E-state index contributed by atoms with van der Waals surface area (Å²) in [4.78, 5) is 14.0. The Morgan fingerprint density at radius 1 is 1.50 bits per heavy atom. The van der Waals surface area contributed by atoms with E-state index in [2.05, 4.69) is 0 Å². The van der Waals surface area contributed by atoms with Gasteiger partial charge in [0.25, 0.3) is 0 Å². The van der Waals surface area contributed by atoms with Crippen LogP contribution in [0.5, 0.6) is 5.75 Å². The van der Waals surface area contributed by atoms with Crippen molar-refractivity contribution in [3.8, 4) is 5.75 Å². The molecule has 110 valence electrons. The SMILES string of the molecule is COc1ccc(Cl)cc1CN(C)C(=O)C1CCCC1O. The normalized spacial score (nSPS) is 21.8. The van der Waals surface area contributed by atoms with Gasteiger partial charge in [-0.25, -0.2) is 0 Å². The molecule has 0 heterocycles. The van der Waals surface area contributed by atoms with E-state index in [1.165, 1.54) is 0 Å². The van der Waals surface area contributed by atoms with Gasteiger partial charge in [-0.15, -0.1) is 0 Å². The lowest BCUT2D eigenvalue weighted by molar-refractivity contribution is -0.137. The summed E-state index contributed by atoms with van der Waals surface area (Å²) in [6.07, 6.45) is 1.87. The Balaban J connectivity index is 2.09. The Bertz CT molecular complexity index is 492. The van der Waals surface area contributed by atoms with Crippen molar-refractivity contribution >= 4 is 17.5 Å². The van der Waals surface area contributed by atoms with Crippen LogP contribution in [0.1, 0.15) is 24.8 Å². The fourth-order valence-electron chi connectivity index (χ4n) is 2.72. The van der Waals surface area contributed by atoms with E-state index in [-0.39, 0.29) is 11.8 Å². The molecule has 0 aliphatic heterocycles. The standard InChI is InChI=1S/C15H20ClNO3/c1-17(15(19)12-4-3-5-13(12)18)9-10-8-11(16)6-7-14(10)20-2/h6-8,12-13,18H,3-5,9H2,1-2H3. The van der Waals surface area contributed by atoms with Gasteiger partial charge in [-0.1, -0.05) is 11.6 Å². The molecule has 1 aromatic carbocycles. The quantitative estimate of drug-likeness (QED) is 0.929. The monoisotopic (exact) mass is 297 g/mol. The fraction of sp³-hybridized carbons (Fsp3) is 0.533. The van der Waals surface area contributed by atoms with Crippen LogP contribution >= 0.6 is 11.6 Å². The third-order valence-corrected chi connectivity index (χ3v) is 4.06. The van der Waals surface area contributed by atoms with Crippen molar-refractivity contribution in [2.75, 3.05) is 14.2 Å². The van der Waals surface area contributed by atoms with Crippen molar-refractivity contribution in [2.24, 2.45) is 5.92 Å². The Labute approximate surface area is 124 Å². The highest BCUT2D eigenvalue weighted by atomic mass is 35.5. The first-order chi connectivity index (χ1) is 9.52. The van der Waals surface area contributed by atoms with Gasteiger partial charge >= 0.3 is 0 Å². The lowest BCUT2D eigenvalue weighted by Crippen LogP contribution is -2.36. The summed E-state index contributed by atoms with van der Waals surface area (Å²) in [7, 11) is 3.34. The molecular formula is C15H20ClNO3. The van der Waals surface area contributed by atoms with E-state index >= 15 is 0 Å². The molecule has 0 radical (unpaired) electrons. The Morgan fingerprint density at radius 3 is 2.85 bits per heavy atom. The third kappa shape index (κ3) is 3.25. The van der Waals surface area contributed by atoms with Crippen LogP contribution in [0, 0.1) is 5.92 Å². The van der Waals surface area contributed by atoms with Gasteiger partial charge in [0.1, 0.15) is 5.75 Å². The summed E-state index contributed by atoms with van der Waals surface area (Å²) in [5.74, 6) is 0.420. The van der Waals surface area contributed by atoms with Crippen molar-refractivity contribution in [3.63, 3.8) is 0 Å². The average molecular weight is 298 g/mol.